The van der Waals surface area contributed by atoms with Crippen molar-refractivity contribution in [2.75, 3.05) is 0 Å². The third kappa shape index (κ3) is 2.40. The maximum atomic E-state index is 2.20. The van der Waals surface area contributed by atoms with Crippen LogP contribution < -0.4 is 0 Å². The Morgan fingerprint density at radius 1 is 0.812 bits per heavy atom. The molecule has 0 bridgehead atoms. The SMILES string of the molecule is CCC1=C(c2ccccc2)/C=C\C=C/C=C\1. The summed E-state index contributed by atoms with van der Waals surface area (Å²) in [6, 6.07) is 10.5. The molecule has 0 amide bonds. The molecule has 16 heavy (non-hydrogen) atoms. The van der Waals surface area contributed by atoms with E-state index in [0.717, 1.165) is 6.42 Å². The first-order chi connectivity index (χ1) is 7.92. The third-order valence-electron chi connectivity index (χ3n) is 2.71. The van der Waals surface area contributed by atoms with Gasteiger partial charge in [0.15, 0.2) is 0 Å². The van der Waals surface area contributed by atoms with E-state index >= 15 is 0 Å². The normalized spacial score (nSPS) is 25.6. The molecule has 0 unspecified atom stereocenters. The molecular weight excluding hydrogens is 192 g/mol. The summed E-state index contributed by atoms with van der Waals surface area (Å²) in [5.41, 5.74) is 3.99. The summed E-state index contributed by atoms with van der Waals surface area (Å²) in [6.45, 7) is 2.20. The molecular formula is C16H16. The second kappa shape index (κ2) is 5.32. The molecule has 0 saturated carbocycles. The van der Waals surface area contributed by atoms with Gasteiger partial charge in [-0.2, -0.15) is 0 Å². The van der Waals surface area contributed by atoms with Crippen molar-refractivity contribution in [1.29, 1.82) is 0 Å². The van der Waals surface area contributed by atoms with Gasteiger partial charge in [-0.05, 0) is 23.1 Å². The Hall–Kier alpha value is -1.82. The summed E-state index contributed by atoms with van der Waals surface area (Å²) in [7, 11) is 0. The van der Waals surface area contributed by atoms with Crippen LogP contribution in [0.3, 0.4) is 0 Å². The highest BCUT2D eigenvalue weighted by Crippen LogP contribution is 2.24. The molecule has 0 nitrogen and oxygen atoms in total. The monoisotopic (exact) mass is 208 g/mol. The molecule has 1 aliphatic rings. The first-order valence-electron chi connectivity index (χ1n) is 5.72. The molecule has 1 aromatic carbocycles. The van der Waals surface area contributed by atoms with Crippen molar-refractivity contribution in [3.05, 3.63) is 77.9 Å². The lowest BCUT2D eigenvalue weighted by Gasteiger charge is -2.09. The lowest BCUT2D eigenvalue weighted by molar-refractivity contribution is 1.15. The zero-order valence-electron chi connectivity index (χ0n) is 9.56. The highest BCUT2D eigenvalue weighted by Gasteiger charge is 2.02. The van der Waals surface area contributed by atoms with Crippen LogP contribution in [0.5, 0.6) is 0 Å². The topological polar surface area (TPSA) is 0 Å². The van der Waals surface area contributed by atoms with E-state index in [-0.39, 0.29) is 0 Å². The van der Waals surface area contributed by atoms with Crippen molar-refractivity contribution < 1.29 is 0 Å². The van der Waals surface area contributed by atoms with E-state index < -0.39 is 0 Å². The van der Waals surface area contributed by atoms with E-state index in [0.29, 0.717) is 0 Å². The minimum Gasteiger partial charge on any atom is -0.0623 e. The third-order valence-corrected chi connectivity index (χ3v) is 2.71. The van der Waals surface area contributed by atoms with E-state index in [1.54, 1.807) is 0 Å². The van der Waals surface area contributed by atoms with Gasteiger partial charge in [-0.15, -0.1) is 0 Å². The molecule has 0 saturated heterocycles. The van der Waals surface area contributed by atoms with E-state index in [9.17, 15) is 0 Å². The van der Waals surface area contributed by atoms with Gasteiger partial charge in [0.1, 0.15) is 0 Å². The highest BCUT2D eigenvalue weighted by atomic mass is 14.1. The van der Waals surface area contributed by atoms with E-state index in [2.05, 4.69) is 73.7 Å². The van der Waals surface area contributed by atoms with Gasteiger partial charge >= 0.3 is 0 Å². The second-order valence-electron chi connectivity index (χ2n) is 3.76. The summed E-state index contributed by atoms with van der Waals surface area (Å²) in [4.78, 5) is 0. The van der Waals surface area contributed by atoms with Crippen molar-refractivity contribution >= 4 is 5.57 Å². The fraction of sp³-hybridized carbons (Fsp3) is 0.125. The molecule has 0 heterocycles. The first-order valence-corrected chi connectivity index (χ1v) is 5.72. The summed E-state index contributed by atoms with van der Waals surface area (Å²) in [6.07, 6.45) is 13.8. The van der Waals surface area contributed by atoms with Crippen LogP contribution in [-0.4, -0.2) is 0 Å². The fourth-order valence-electron chi connectivity index (χ4n) is 1.86. The van der Waals surface area contributed by atoms with Crippen LogP contribution in [0.25, 0.3) is 5.57 Å². The molecule has 0 aromatic heterocycles. The molecule has 0 N–H and O–H groups in total. The van der Waals surface area contributed by atoms with Gasteiger partial charge in [-0.1, -0.05) is 73.7 Å². The van der Waals surface area contributed by atoms with Gasteiger partial charge in [0.25, 0.3) is 0 Å². The summed E-state index contributed by atoms with van der Waals surface area (Å²) in [5, 5.41) is 0. The molecule has 0 atom stereocenters. The predicted molar refractivity (Wildman–Crippen MR) is 71.1 cm³/mol. The van der Waals surface area contributed by atoms with Gasteiger partial charge in [-0.3, -0.25) is 0 Å². The molecule has 2 rings (SSSR count). The second-order valence-corrected chi connectivity index (χ2v) is 3.76. The molecule has 1 aromatic rings. The van der Waals surface area contributed by atoms with Crippen LogP contribution in [0.4, 0.5) is 0 Å². The van der Waals surface area contributed by atoms with Gasteiger partial charge in [-0.25, -0.2) is 0 Å². The van der Waals surface area contributed by atoms with Crippen LogP contribution in [0.15, 0.2) is 72.4 Å². The maximum absolute atomic E-state index is 2.20. The molecule has 0 aliphatic heterocycles. The molecule has 80 valence electrons. The smallest absolute Gasteiger partial charge is 0.0152 e. The van der Waals surface area contributed by atoms with Crippen LogP contribution >= 0.6 is 0 Å². The molecule has 0 heteroatoms. The molecule has 0 radical (unpaired) electrons. The largest absolute Gasteiger partial charge is 0.0623 e. The summed E-state index contributed by atoms with van der Waals surface area (Å²) in [5.74, 6) is 0. The van der Waals surface area contributed by atoms with Gasteiger partial charge in [0.05, 0.1) is 0 Å². The Morgan fingerprint density at radius 3 is 2.19 bits per heavy atom. The van der Waals surface area contributed by atoms with Crippen molar-refractivity contribution in [1.82, 2.24) is 0 Å². The Morgan fingerprint density at radius 2 is 1.50 bits per heavy atom. The Kier molecular flexibility index (Phi) is 3.55. The Labute approximate surface area is 97.3 Å². The lowest BCUT2D eigenvalue weighted by atomic mass is 9.96. The first kappa shape index (κ1) is 10.7. The quantitative estimate of drug-likeness (QED) is 0.669. The standard InChI is InChI=1S/C16H16/c1-2-14-10-6-3-4-9-13-16(14)15-11-7-5-8-12-15/h3-13H,2H2,1H3/b4-3-,6-3?,9-4?,10-6-,13-9-,14-10?,16-13?,16-14+. The number of hydrogen-bond acceptors (Lipinski definition) is 0. The number of hydrogen-bond donors (Lipinski definition) is 0. The van der Waals surface area contributed by atoms with Gasteiger partial charge < -0.3 is 0 Å². The van der Waals surface area contributed by atoms with Crippen molar-refractivity contribution in [3.8, 4) is 0 Å². The molecule has 0 fully saturated rings. The molecule has 0 spiro atoms. The number of benzene rings is 1. The number of rotatable bonds is 2. The Bertz CT molecular complexity index is 456. The minimum atomic E-state index is 1.05. The highest BCUT2D eigenvalue weighted by molar-refractivity contribution is 5.79. The van der Waals surface area contributed by atoms with Crippen molar-refractivity contribution in [2.24, 2.45) is 0 Å². The average Bonchev–Trinajstić information content (AvgIpc) is 2.30. The van der Waals surface area contributed by atoms with Crippen LogP contribution in [0.1, 0.15) is 18.9 Å². The molecule has 1 aliphatic carbocycles. The average molecular weight is 208 g/mol. The van der Waals surface area contributed by atoms with Crippen molar-refractivity contribution in [2.45, 2.75) is 13.3 Å². The van der Waals surface area contributed by atoms with Gasteiger partial charge in [0.2, 0.25) is 0 Å². The van der Waals surface area contributed by atoms with Crippen LogP contribution in [0.2, 0.25) is 0 Å². The minimum absolute atomic E-state index is 1.05. The summed E-state index contributed by atoms with van der Waals surface area (Å²) < 4.78 is 0. The zero-order valence-corrected chi connectivity index (χ0v) is 9.56. The van der Waals surface area contributed by atoms with E-state index in [1.807, 2.05) is 0 Å². The predicted octanol–water partition coefficient (Wildman–Crippen LogP) is 4.53. The summed E-state index contributed by atoms with van der Waals surface area (Å²) >= 11 is 0. The fourth-order valence-corrected chi connectivity index (χ4v) is 1.86. The van der Waals surface area contributed by atoms with Gasteiger partial charge in [0, 0.05) is 0 Å². The Balaban J connectivity index is 2.49. The van der Waals surface area contributed by atoms with E-state index in [1.165, 1.54) is 16.7 Å². The number of allylic oxidation sites excluding steroid dienone is 8. The van der Waals surface area contributed by atoms with Crippen LogP contribution in [0, 0.1) is 0 Å². The van der Waals surface area contributed by atoms with Crippen LogP contribution in [-0.2, 0) is 0 Å². The zero-order chi connectivity index (χ0) is 11.2. The lowest BCUT2D eigenvalue weighted by Crippen LogP contribution is -1.87. The van der Waals surface area contributed by atoms with Crippen molar-refractivity contribution in [3.63, 3.8) is 0 Å². The van der Waals surface area contributed by atoms with E-state index in [4.69, 9.17) is 0 Å². The maximum Gasteiger partial charge on any atom is -0.0152 e.